The maximum absolute atomic E-state index is 14.2. The third-order valence-corrected chi connectivity index (χ3v) is 8.56. The Morgan fingerprint density at radius 1 is 0.500 bits per heavy atom. The highest BCUT2D eigenvalue weighted by Gasteiger charge is 2.33. The number of carboxylic acid groups (broad SMARTS) is 2. The summed E-state index contributed by atoms with van der Waals surface area (Å²) in [4.78, 5) is 54.0. The molecule has 0 aliphatic heterocycles. The lowest BCUT2D eigenvalue weighted by Gasteiger charge is -2.23. The molecule has 5 aromatic rings. The number of hydrogen-bond acceptors (Lipinski definition) is 6. The van der Waals surface area contributed by atoms with Crippen LogP contribution in [0.3, 0.4) is 0 Å². The Balaban J connectivity index is 1.82. The quantitative estimate of drug-likeness (QED) is 0.0460. The number of aliphatic hydroxyl groups excluding tert-OH is 2. The van der Waals surface area contributed by atoms with E-state index < -0.39 is 29.3 Å². The number of benzene rings is 5. The maximum Gasteiger partial charge on any atom is 0.337 e. The Morgan fingerprint density at radius 2 is 1.04 bits per heavy atom. The van der Waals surface area contributed by atoms with Crippen LogP contribution in [-0.2, 0) is 0 Å². The molecule has 0 bridgehead atoms. The minimum absolute atomic E-state index is 0.0673. The molecule has 0 saturated heterocycles. The third kappa shape index (κ3) is 6.18. The van der Waals surface area contributed by atoms with Crippen LogP contribution in [0.5, 0.6) is 0 Å². The van der Waals surface area contributed by atoms with Gasteiger partial charge in [-0.15, -0.1) is 0 Å². The first-order valence-corrected chi connectivity index (χ1v) is 15.8. The van der Waals surface area contributed by atoms with E-state index in [0.29, 0.717) is 47.2 Å². The Morgan fingerprint density at radius 3 is 1.61 bits per heavy atom. The lowest BCUT2D eigenvalue weighted by molar-refractivity contribution is 0.0692. The SMILES string of the molecule is O=C(NCCCCCCO)c1c(C(=O)O)c2c(C(=O)O)ccc3c4cccc5cccc(c(c1C(=O)NCCCCCCO)c23)c54. The number of carboxylic acids is 2. The van der Waals surface area contributed by atoms with E-state index in [-0.39, 0.29) is 48.4 Å². The molecule has 0 radical (unpaired) electrons. The van der Waals surface area contributed by atoms with Crippen LogP contribution in [0.2, 0.25) is 0 Å². The molecule has 46 heavy (non-hydrogen) atoms. The van der Waals surface area contributed by atoms with Crippen LogP contribution in [0.4, 0.5) is 0 Å². The number of fused-ring (bicyclic) bond motifs is 2. The van der Waals surface area contributed by atoms with Gasteiger partial charge in [-0.3, -0.25) is 9.59 Å². The van der Waals surface area contributed by atoms with Crippen molar-refractivity contribution in [3.05, 3.63) is 70.8 Å². The topological polar surface area (TPSA) is 173 Å². The van der Waals surface area contributed by atoms with Crippen molar-refractivity contribution in [3.63, 3.8) is 0 Å². The van der Waals surface area contributed by atoms with Gasteiger partial charge in [-0.25, -0.2) is 9.59 Å². The number of aromatic carboxylic acids is 2. The van der Waals surface area contributed by atoms with Gasteiger partial charge in [0.2, 0.25) is 0 Å². The second kappa shape index (κ2) is 14.5. The van der Waals surface area contributed by atoms with Gasteiger partial charge in [0.1, 0.15) is 0 Å². The predicted molar refractivity (Wildman–Crippen MR) is 177 cm³/mol. The average Bonchev–Trinajstić information content (AvgIpc) is 3.05. The molecular weight excluding hydrogens is 588 g/mol. The first kappa shape index (κ1) is 32.6. The van der Waals surface area contributed by atoms with Crippen molar-refractivity contribution in [2.24, 2.45) is 0 Å². The van der Waals surface area contributed by atoms with Gasteiger partial charge < -0.3 is 31.1 Å². The minimum atomic E-state index is -1.52. The first-order chi connectivity index (χ1) is 22.3. The van der Waals surface area contributed by atoms with Crippen molar-refractivity contribution in [2.75, 3.05) is 26.3 Å². The molecule has 6 N–H and O–H groups in total. The average molecular weight is 627 g/mol. The van der Waals surface area contributed by atoms with E-state index in [2.05, 4.69) is 10.6 Å². The smallest absolute Gasteiger partial charge is 0.337 e. The number of hydrogen-bond donors (Lipinski definition) is 6. The number of rotatable bonds is 16. The number of carbonyl (C=O) groups is 4. The van der Waals surface area contributed by atoms with E-state index in [4.69, 9.17) is 10.2 Å². The van der Waals surface area contributed by atoms with Gasteiger partial charge in [-0.2, -0.15) is 0 Å². The summed E-state index contributed by atoms with van der Waals surface area (Å²) < 4.78 is 0. The fourth-order valence-corrected chi connectivity index (χ4v) is 6.50. The van der Waals surface area contributed by atoms with Crippen LogP contribution in [0.15, 0.2) is 48.5 Å². The van der Waals surface area contributed by atoms with Gasteiger partial charge in [-0.1, -0.05) is 68.1 Å². The standard InChI is InChI=1S/C36H38N2O8/c39-19-7-3-1-5-17-37-33(41)30-28-24-14-10-12-21-11-9-13-22(26(21)24)23-15-16-25(35(43)44)29(27(23)28)32(36(45)46)31(30)34(42)38-18-6-2-4-8-20-40/h9-16,39-40H,1-8,17-20H2,(H,37,41)(H,38,42)(H,43,44)(H,45,46). The molecule has 10 nitrogen and oxygen atoms in total. The predicted octanol–water partition coefficient (Wildman–Crippen LogP) is 5.70. The molecule has 0 aromatic heterocycles. The van der Waals surface area contributed by atoms with Gasteiger partial charge >= 0.3 is 11.9 Å². The monoisotopic (exact) mass is 626 g/mol. The van der Waals surface area contributed by atoms with Gasteiger partial charge in [0, 0.05) is 37.1 Å². The second-order valence-corrected chi connectivity index (χ2v) is 11.5. The summed E-state index contributed by atoms with van der Waals surface area (Å²) >= 11 is 0. The summed E-state index contributed by atoms with van der Waals surface area (Å²) in [7, 11) is 0. The van der Waals surface area contributed by atoms with Crippen molar-refractivity contribution in [1.82, 2.24) is 10.6 Å². The molecule has 0 unspecified atom stereocenters. The number of aliphatic hydroxyl groups is 2. The molecule has 0 aliphatic rings. The Kier molecular flexibility index (Phi) is 10.3. The summed E-state index contributed by atoms with van der Waals surface area (Å²) in [6, 6.07) is 14.2. The zero-order valence-electron chi connectivity index (χ0n) is 25.5. The number of carbonyl (C=O) groups excluding carboxylic acids is 2. The van der Waals surface area contributed by atoms with Crippen LogP contribution >= 0.6 is 0 Å². The highest BCUT2D eigenvalue weighted by molar-refractivity contribution is 6.40. The molecule has 0 aliphatic carbocycles. The molecule has 0 saturated carbocycles. The molecule has 5 rings (SSSR count). The lowest BCUT2D eigenvalue weighted by atomic mass is 9.81. The first-order valence-electron chi connectivity index (χ1n) is 15.8. The maximum atomic E-state index is 14.2. The van der Waals surface area contributed by atoms with Gasteiger partial charge in [0.25, 0.3) is 11.8 Å². The fourth-order valence-electron chi connectivity index (χ4n) is 6.50. The Labute approximate surface area is 265 Å². The fraction of sp³-hybridized carbons (Fsp3) is 0.333. The van der Waals surface area contributed by atoms with Crippen LogP contribution in [0.1, 0.15) is 92.8 Å². The Hall–Kier alpha value is -4.80. The van der Waals surface area contributed by atoms with E-state index >= 15 is 0 Å². The molecule has 0 heterocycles. The van der Waals surface area contributed by atoms with Crippen molar-refractivity contribution < 1.29 is 39.6 Å². The highest BCUT2D eigenvalue weighted by atomic mass is 16.4. The van der Waals surface area contributed by atoms with Crippen LogP contribution < -0.4 is 10.6 Å². The van der Waals surface area contributed by atoms with Gasteiger partial charge in [0.15, 0.2) is 0 Å². The van der Waals surface area contributed by atoms with Crippen molar-refractivity contribution in [2.45, 2.75) is 51.4 Å². The third-order valence-electron chi connectivity index (χ3n) is 8.56. The minimum Gasteiger partial charge on any atom is -0.478 e. The molecule has 2 amide bonds. The molecule has 5 aromatic carbocycles. The van der Waals surface area contributed by atoms with E-state index in [9.17, 15) is 29.4 Å². The zero-order valence-corrected chi connectivity index (χ0v) is 25.5. The van der Waals surface area contributed by atoms with Gasteiger partial charge in [-0.05, 0) is 64.1 Å². The highest BCUT2D eigenvalue weighted by Crippen LogP contribution is 2.45. The van der Waals surface area contributed by atoms with E-state index in [0.717, 1.165) is 41.8 Å². The van der Waals surface area contributed by atoms with Crippen molar-refractivity contribution >= 4 is 66.8 Å². The van der Waals surface area contributed by atoms with Gasteiger partial charge in [0.05, 0.1) is 22.3 Å². The molecule has 0 spiro atoms. The van der Waals surface area contributed by atoms with Crippen LogP contribution in [0, 0.1) is 0 Å². The normalized spacial score (nSPS) is 11.5. The molecule has 240 valence electrons. The van der Waals surface area contributed by atoms with Crippen molar-refractivity contribution in [1.29, 1.82) is 0 Å². The summed E-state index contributed by atoms with van der Waals surface area (Å²) in [5.74, 6) is -4.28. The molecule has 10 heteroatoms. The largest absolute Gasteiger partial charge is 0.478 e. The summed E-state index contributed by atoms with van der Waals surface area (Å²) in [5.41, 5.74) is -1.30. The summed E-state index contributed by atoms with van der Waals surface area (Å²) in [6.07, 6.45) is 5.48. The van der Waals surface area contributed by atoms with E-state index in [1.807, 2.05) is 36.4 Å². The number of unbranched alkanes of at least 4 members (excludes halogenated alkanes) is 6. The summed E-state index contributed by atoms with van der Waals surface area (Å²) in [5, 5.41) is 48.9. The van der Waals surface area contributed by atoms with E-state index in [1.165, 1.54) is 6.07 Å². The number of amides is 2. The van der Waals surface area contributed by atoms with Crippen LogP contribution in [0.25, 0.3) is 43.1 Å². The van der Waals surface area contributed by atoms with Crippen molar-refractivity contribution in [3.8, 4) is 0 Å². The molecule has 0 fully saturated rings. The number of nitrogens with one attached hydrogen (secondary N) is 2. The summed E-state index contributed by atoms with van der Waals surface area (Å²) in [6.45, 7) is 0.613. The molecular formula is C36H38N2O8. The Bertz CT molecular complexity index is 1930. The lowest BCUT2D eigenvalue weighted by Crippen LogP contribution is -2.33. The zero-order chi connectivity index (χ0) is 32.8. The van der Waals surface area contributed by atoms with Crippen LogP contribution in [-0.4, -0.2) is 70.5 Å². The second-order valence-electron chi connectivity index (χ2n) is 11.5. The van der Waals surface area contributed by atoms with E-state index in [1.54, 1.807) is 6.07 Å². The molecule has 0 atom stereocenters.